The molecule has 0 amide bonds. The molecule has 2 heteroatoms. The molecule has 0 aliphatic heterocycles. The van der Waals surface area contributed by atoms with Crippen LogP contribution in [0.25, 0.3) is 0 Å². The molecule has 1 aromatic rings. The highest BCUT2D eigenvalue weighted by Gasteiger charge is 2.04. The van der Waals surface area contributed by atoms with E-state index < -0.39 is 0 Å². The predicted molar refractivity (Wildman–Crippen MR) is 71.5 cm³/mol. The third kappa shape index (κ3) is 5.51. The van der Waals surface area contributed by atoms with Crippen molar-refractivity contribution in [2.24, 2.45) is 11.8 Å². The molecule has 0 saturated carbocycles. The fraction of sp³-hybridized carbons (Fsp3) is 0.533. The largest absolute Gasteiger partial charge is 0.312 e. The van der Waals surface area contributed by atoms with Gasteiger partial charge in [0.2, 0.25) is 0 Å². The van der Waals surface area contributed by atoms with Gasteiger partial charge in [-0.1, -0.05) is 32.9 Å². The van der Waals surface area contributed by atoms with E-state index in [0.29, 0.717) is 5.92 Å². The summed E-state index contributed by atoms with van der Waals surface area (Å²) in [6.45, 7) is 8.67. The molecule has 0 heterocycles. The number of hydrogen-bond donors (Lipinski definition) is 1. The Kier molecular flexibility index (Phi) is 5.72. The molecule has 2 nitrogen and oxygen atoms in total. The van der Waals surface area contributed by atoms with E-state index in [1.165, 1.54) is 12.0 Å². The van der Waals surface area contributed by atoms with E-state index in [2.05, 4.69) is 38.2 Å². The lowest BCUT2D eigenvalue weighted by atomic mass is 9.99. The first kappa shape index (κ1) is 13.7. The van der Waals surface area contributed by atoms with Crippen LogP contribution in [0.4, 0.5) is 0 Å². The van der Waals surface area contributed by atoms with Crippen LogP contribution in [0.2, 0.25) is 0 Å². The molecule has 1 rings (SSSR count). The zero-order chi connectivity index (χ0) is 12.7. The molecule has 0 spiro atoms. The van der Waals surface area contributed by atoms with Gasteiger partial charge in [-0.2, -0.15) is 5.26 Å². The molecule has 92 valence electrons. The number of benzene rings is 1. The summed E-state index contributed by atoms with van der Waals surface area (Å²) in [5.74, 6) is 1.46. The smallest absolute Gasteiger partial charge is 0.0991 e. The van der Waals surface area contributed by atoms with Crippen molar-refractivity contribution in [1.29, 1.82) is 5.26 Å². The van der Waals surface area contributed by atoms with Crippen molar-refractivity contribution >= 4 is 0 Å². The highest BCUT2D eigenvalue weighted by molar-refractivity contribution is 5.32. The van der Waals surface area contributed by atoms with Crippen LogP contribution in [0.15, 0.2) is 24.3 Å². The number of nitrogens with one attached hydrogen (secondary N) is 1. The van der Waals surface area contributed by atoms with Crippen molar-refractivity contribution in [2.75, 3.05) is 6.54 Å². The van der Waals surface area contributed by atoms with E-state index in [4.69, 9.17) is 5.26 Å². The fourth-order valence-electron chi connectivity index (χ4n) is 2.10. The van der Waals surface area contributed by atoms with Crippen LogP contribution in [0.1, 0.15) is 38.3 Å². The third-order valence-corrected chi connectivity index (χ3v) is 2.75. The Labute approximate surface area is 105 Å². The minimum Gasteiger partial charge on any atom is -0.312 e. The Morgan fingerprint density at radius 1 is 1.29 bits per heavy atom. The van der Waals surface area contributed by atoms with Gasteiger partial charge in [-0.05, 0) is 42.5 Å². The van der Waals surface area contributed by atoms with Gasteiger partial charge in [0.1, 0.15) is 0 Å². The normalized spacial score (nSPS) is 12.4. The first-order chi connectivity index (χ1) is 8.11. The molecular formula is C15H22N2. The van der Waals surface area contributed by atoms with Crippen LogP contribution in [-0.4, -0.2) is 6.54 Å². The minimum atomic E-state index is 0.703. The maximum atomic E-state index is 8.80. The third-order valence-electron chi connectivity index (χ3n) is 2.75. The molecule has 17 heavy (non-hydrogen) atoms. The van der Waals surface area contributed by atoms with E-state index in [0.717, 1.165) is 24.6 Å². The highest BCUT2D eigenvalue weighted by atomic mass is 14.9. The van der Waals surface area contributed by atoms with Gasteiger partial charge in [0, 0.05) is 6.54 Å². The number of rotatable bonds is 6. The zero-order valence-electron chi connectivity index (χ0n) is 11.0. The van der Waals surface area contributed by atoms with Gasteiger partial charge in [-0.25, -0.2) is 0 Å². The van der Waals surface area contributed by atoms with E-state index in [-0.39, 0.29) is 0 Å². The van der Waals surface area contributed by atoms with Crippen molar-refractivity contribution < 1.29 is 0 Å². The van der Waals surface area contributed by atoms with Gasteiger partial charge < -0.3 is 5.32 Å². The van der Waals surface area contributed by atoms with E-state index in [1.807, 2.05) is 18.2 Å². The maximum Gasteiger partial charge on any atom is 0.0991 e. The molecule has 0 radical (unpaired) electrons. The lowest BCUT2D eigenvalue weighted by Crippen LogP contribution is -2.21. The quantitative estimate of drug-likeness (QED) is 0.813. The van der Waals surface area contributed by atoms with Crippen LogP contribution in [0.3, 0.4) is 0 Å². The van der Waals surface area contributed by atoms with Crippen molar-refractivity contribution in [3.05, 3.63) is 35.4 Å². The van der Waals surface area contributed by atoms with Gasteiger partial charge >= 0.3 is 0 Å². The second-order valence-electron chi connectivity index (χ2n) is 5.18. The second kappa shape index (κ2) is 7.09. The van der Waals surface area contributed by atoms with Gasteiger partial charge in [0.15, 0.2) is 0 Å². The van der Waals surface area contributed by atoms with Gasteiger partial charge in [0.25, 0.3) is 0 Å². The predicted octanol–water partition coefficient (Wildman–Crippen LogP) is 3.33. The second-order valence-corrected chi connectivity index (χ2v) is 5.18. The topological polar surface area (TPSA) is 35.8 Å². The lowest BCUT2D eigenvalue weighted by molar-refractivity contribution is 0.414. The van der Waals surface area contributed by atoms with Gasteiger partial charge in [-0.3, -0.25) is 0 Å². The molecule has 1 unspecified atom stereocenters. The summed E-state index contributed by atoms with van der Waals surface area (Å²) in [5, 5.41) is 12.3. The first-order valence-corrected chi connectivity index (χ1v) is 6.31. The Hall–Kier alpha value is -1.33. The molecule has 1 N–H and O–H groups in total. The van der Waals surface area contributed by atoms with Crippen LogP contribution in [0.5, 0.6) is 0 Å². The molecule has 0 bridgehead atoms. The molecule has 0 aliphatic carbocycles. The standard InChI is InChI=1S/C15H22N2/c1-12(2)7-13(3)10-17-11-15-6-4-5-14(8-15)9-16/h4-6,8,12-13,17H,7,10-11H2,1-3H3. The van der Waals surface area contributed by atoms with Crippen LogP contribution < -0.4 is 5.32 Å². The van der Waals surface area contributed by atoms with Crippen molar-refractivity contribution in [1.82, 2.24) is 5.32 Å². The molecule has 1 aromatic carbocycles. The van der Waals surface area contributed by atoms with Gasteiger partial charge in [0.05, 0.1) is 11.6 Å². The summed E-state index contributed by atoms with van der Waals surface area (Å²) in [4.78, 5) is 0. The zero-order valence-corrected chi connectivity index (χ0v) is 11.0. The Balaban J connectivity index is 2.33. The summed E-state index contributed by atoms with van der Waals surface area (Å²) in [6.07, 6.45) is 1.26. The summed E-state index contributed by atoms with van der Waals surface area (Å²) < 4.78 is 0. The highest BCUT2D eigenvalue weighted by Crippen LogP contribution is 2.10. The Bertz CT molecular complexity index is 377. The van der Waals surface area contributed by atoms with E-state index in [1.54, 1.807) is 0 Å². The van der Waals surface area contributed by atoms with Crippen molar-refractivity contribution in [3.63, 3.8) is 0 Å². The monoisotopic (exact) mass is 230 g/mol. The molecule has 0 aromatic heterocycles. The van der Waals surface area contributed by atoms with E-state index in [9.17, 15) is 0 Å². The van der Waals surface area contributed by atoms with Crippen LogP contribution >= 0.6 is 0 Å². The maximum absolute atomic E-state index is 8.80. The molecule has 0 fully saturated rings. The SMILES string of the molecule is CC(C)CC(C)CNCc1cccc(C#N)c1. The fourth-order valence-corrected chi connectivity index (χ4v) is 2.10. The lowest BCUT2D eigenvalue weighted by Gasteiger charge is -2.14. The van der Waals surface area contributed by atoms with Crippen molar-refractivity contribution in [3.8, 4) is 6.07 Å². The Morgan fingerprint density at radius 3 is 2.71 bits per heavy atom. The molecule has 1 atom stereocenters. The average molecular weight is 230 g/mol. The average Bonchev–Trinajstić information content (AvgIpc) is 2.28. The first-order valence-electron chi connectivity index (χ1n) is 6.31. The molecule has 0 aliphatic rings. The number of nitrogens with zero attached hydrogens (tertiary/aromatic N) is 1. The number of nitriles is 1. The molecule has 0 saturated heterocycles. The van der Waals surface area contributed by atoms with Crippen molar-refractivity contribution in [2.45, 2.75) is 33.7 Å². The minimum absolute atomic E-state index is 0.703. The summed E-state index contributed by atoms with van der Waals surface area (Å²) in [7, 11) is 0. The van der Waals surface area contributed by atoms with Crippen LogP contribution in [0, 0.1) is 23.2 Å². The summed E-state index contributed by atoms with van der Waals surface area (Å²) >= 11 is 0. The summed E-state index contributed by atoms with van der Waals surface area (Å²) in [6, 6.07) is 9.94. The van der Waals surface area contributed by atoms with E-state index >= 15 is 0 Å². The molecular weight excluding hydrogens is 208 g/mol. The van der Waals surface area contributed by atoms with Gasteiger partial charge in [-0.15, -0.1) is 0 Å². The van der Waals surface area contributed by atoms with Crippen LogP contribution in [-0.2, 0) is 6.54 Å². The number of hydrogen-bond acceptors (Lipinski definition) is 2. The Morgan fingerprint density at radius 2 is 2.06 bits per heavy atom. The summed E-state index contributed by atoms with van der Waals surface area (Å²) in [5.41, 5.74) is 1.92.